The largest absolute Gasteiger partial charge is 0.329 e. The van der Waals surface area contributed by atoms with Crippen molar-refractivity contribution < 1.29 is 9.59 Å². The molecule has 4 heteroatoms. The summed E-state index contributed by atoms with van der Waals surface area (Å²) >= 11 is 0. The molecule has 0 saturated carbocycles. The predicted octanol–water partition coefficient (Wildman–Crippen LogP) is 1.52. The van der Waals surface area contributed by atoms with Crippen LogP contribution in [-0.4, -0.2) is 18.0 Å². The number of imide groups is 1. The molecule has 4 nitrogen and oxygen atoms in total. The van der Waals surface area contributed by atoms with E-state index in [4.69, 9.17) is 0 Å². The second-order valence-corrected chi connectivity index (χ2v) is 3.42. The topological polar surface area (TPSA) is 49.4 Å². The predicted molar refractivity (Wildman–Crippen MR) is 56.5 cm³/mol. The first-order chi connectivity index (χ1) is 7.24. The van der Waals surface area contributed by atoms with Crippen LogP contribution in [0.15, 0.2) is 30.3 Å². The molecule has 1 aromatic rings. The van der Waals surface area contributed by atoms with Crippen LogP contribution in [0.1, 0.15) is 13.3 Å². The Balaban J connectivity index is 2.35. The van der Waals surface area contributed by atoms with E-state index in [9.17, 15) is 9.59 Å². The quantitative estimate of drug-likeness (QED) is 0.742. The third-order valence-electron chi connectivity index (χ3n) is 2.48. The van der Waals surface area contributed by atoms with Gasteiger partial charge in [-0.2, -0.15) is 0 Å². The number of anilines is 1. The molecule has 1 unspecified atom stereocenters. The minimum absolute atomic E-state index is 0.216. The lowest BCUT2D eigenvalue weighted by atomic mass is 10.2. The van der Waals surface area contributed by atoms with E-state index < -0.39 is 0 Å². The monoisotopic (exact) mass is 204 g/mol. The smallest absolute Gasteiger partial charge is 0.282 e. The van der Waals surface area contributed by atoms with Gasteiger partial charge in [-0.25, -0.2) is 4.79 Å². The fourth-order valence-electron chi connectivity index (χ4n) is 1.76. The van der Waals surface area contributed by atoms with Crippen molar-refractivity contribution in [3.8, 4) is 0 Å². The standard InChI is InChI=1S/C11H12N2O2/c1-2-9-10(14)12-11(15)13(9)8-6-4-3-5-7-8/h3-7,9H,2H2,1H3,(H,12,14,15). The van der Waals surface area contributed by atoms with Gasteiger partial charge >= 0.3 is 6.03 Å². The second kappa shape index (κ2) is 3.73. The molecule has 15 heavy (non-hydrogen) atoms. The van der Waals surface area contributed by atoms with Gasteiger partial charge in [0.15, 0.2) is 0 Å². The zero-order valence-corrected chi connectivity index (χ0v) is 8.43. The number of hydrogen-bond acceptors (Lipinski definition) is 2. The second-order valence-electron chi connectivity index (χ2n) is 3.42. The molecule has 0 aliphatic carbocycles. The molecule has 0 spiro atoms. The fraction of sp³-hybridized carbons (Fsp3) is 0.273. The van der Waals surface area contributed by atoms with Gasteiger partial charge in [0.25, 0.3) is 5.91 Å². The molecule has 1 fully saturated rings. The summed E-state index contributed by atoms with van der Waals surface area (Å²) in [5.41, 5.74) is 0.757. The summed E-state index contributed by atoms with van der Waals surface area (Å²) in [7, 11) is 0. The van der Waals surface area contributed by atoms with E-state index in [1.165, 1.54) is 4.90 Å². The van der Waals surface area contributed by atoms with Crippen LogP contribution in [0.2, 0.25) is 0 Å². The number of hydrogen-bond donors (Lipinski definition) is 1. The summed E-state index contributed by atoms with van der Waals surface area (Å²) < 4.78 is 0. The number of nitrogens with zero attached hydrogens (tertiary/aromatic N) is 1. The summed E-state index contributed by atoms with van der Waals surface area (Å²) in [6.07, 6.45) is 0.618. The molecule has 1 N–H and O–H groups in total. The highest BCUT2D eigenvalue weighted by Crippen LogP contribution is 2.21. The van der Waals surface area contributed by atoms with Crippen LogP contribution >= 0.6 is 0 Å². The molecular formula is C11H12N2O2. The zero-order valence-electron chi connectivity index (χ0n) is 8.43. The van der Waals surface area contributed by atoms with Crippen molar-refractivity contribution in [1.82, 2.24) is 5.32 Å². The SMILES string of the molecule is CCC1C(=O)NC(=O)N1c1ccccc1. The molecule has 0 radical (unpaired) electrons. The first kappa shape index (κ1) is 9.71. The van der Waals surface area contributed by atoms with E-state index in [0.717, 1.165) is 5.69 Å². The van der Waals surface area contributed by atoms with Crippen LogP contribution in [0.4, 0.5) is 10.5 Å². The zero-order chi connectivity index (χ0) is 10.8. The van der Waals surface area contributed by atoms with Crippen molar-refractivity contribution in [2.45, 2.75) is 19.4 Å². The van der Waals surface area contributed by atoms with E-state index in [0.29, 0.717) is 6.42 Å². The summed E-state index contributed by atoms with van der Waals surface area (Å²) in [5, 5.41) is 2.31. The van der Waals surface area contributed by atoms with Gasteiger partial charge in [0.2, 0.25) is 0 Å². The van der Waals surface area contributed by atoms with Gasteiger partial charge in [-0.05, 0) is 18.6 Å². The van der Waals surface area contributed by atoms with Crippen LogP contribution in [0, 0.1) is 0 Å². The Kier molecular flexibility index (Phi) is 2.41. The number of nitrogens with one attached hydrogen (secondary N) is 1. The number of benzene rings is 1. The summed E-state index contributed by atoms with van der Waals surface area (Å²) in [4.78, 5) is 24.5. The molecule has 0 aromatic heterocycles. The number of carbonyl (C=O) groups excluding carboxylic acids is 2. The number of amides is 3. The van der Waals surface area contributed by atoms with Crippen LogP contribution in [-0.2, 0) is 4.79 Å². The van der Waals surface area contributed by atoms with E-state index in [1.54, 1.807) is 0 Å². The van der Waals surface area contributed by atoms with Crippen LogP contribution < -0.4 is 10.2 Å². The Morgan fingerprint density at radius 3 is 2.53 bits per heavy atom. The molecule has 1 aliphatic rings. The Hall–Kier alpha value is -1.84. The maximum absolute atomic E-state index is 11.5. The Morgan fingerprint density at radius 1 is 1.27 bits per heavy atom. The molecule has 2 rings (SSSR count). The summed E-state index contributed by atoms with van der Waals surface area (Å²) in [6.45, 7) is 1.89. The molecule has 1 saturated heterocycles. The van der Waals surface area contributed by atoms with E-state index >= 15 is 0 Å². The molecule has 1 atom stereocenters. The number of urea groups is 1. The molecule has 1 heterocycles. The Labute approximate surface area is 87.9 Å². The van der Waals surface area contributed by atoms with Gasteiger partial charge in [0, 0.05) is 5.69 Å². The maximum Gasteiger partial charge on any atom is 0.329 e. The third-order valence-corrected chi connectivity index (χ3v) is 2.48. The number of carbonyl (C=O) groups is 2. The van der Waals surface area contributed by atoms with Gasteiger partial charge in [-0.3, -0.25) is 15.0 Å². The third kappa shape index (κ3) is 1.58. The molecule has 78 valence electrons. The van der Waals surface area contributed by atoms with Crippen molar-refractivity contribution >= 4 is 17.6 Å². The molecule has 1 aliphatic heterocycles. The maximum atomic E-state index is 11.5. The lowest BCUT2D eigenvalue weighted by Crippen LogP contribution is -2.34. The van der Waals surface area contributed by atoms with Crippen molar-refractivity contribution in [3.05, 3.63) is 30.3 Å². The Morgan fingerprint density at radius 2 is 1.93 bits per heavy atom. The highest BCUT2D eigenvalue weighted by Gasteiger charge is 2.37. The average molecular weight is 204 g/mol. The summed E-state index contributed by atoms with van der Waals surface area (Å²) in [5.74, 6) is -0.216. The van der Waals surface area contributed by atoms with E-state index in [2.05, 4.69) is 5.32 Å². The summed E-state index contributed by atoms with van der Waals surface area (Å²) in [6, 6.07) is 8.50. The first-order valence-electron chi connectivity index (χ1n) is 4.93. The van der Waals surface area contributed by atoms with Gasteiger partial charge in [0.05, 0.1) is 0 Å². The normalized spacial score (nSPS) is 20.6. The molecule has 1 aromatic carbocycles. The van der Waals surface area contributed by atoms with Crippen molar-refractivity contribution in [3.63, 3.8) is 0 Å². The number of para-hydroxylation sites is 1. The Bertz CT molecular complexity index is 389. The average Bonchev–Trinajstić information content (AvgIpc) is 2.54. The lowest BCUT2D eigenvalue weighted by molar-refractivity contribution is -0.119. The number of rotatable bonds is 2. The fourth-order valence-corrected chi connectivity index (χ4v) is 1.76. The lowest BCUT2D eigenvalue weighted by Gasteiger charge is -2.20. The highest BCUT2D eigenvalue weighted by molar-refractivity contribution is 6.14. The van der Waals surface area contributed by atoms with Gasteiger partial charge in [-0.1, -0.05) is 25.1 Å². The van der Waals surface area contributed by atoms with Crippen molar-refractivity contribution in [2.75, 3.05) is 4.90 Å². The van der Waals surface area contributed by atoms with Crippen LogP contribution in [0.5, 0.6) is 0 Å². The van der Waals surface area contributed by atoms with E-state index in [1.807, 2.05) is 37.3 Å². The van der Waals surface area contributed by atoms with Crippen LogP contribution in [0.25, 0.3) is 0 Å². The molecule has 0 bridgehead atoms. The highest BCUT2D eigenvalue weighted by atomic mass is 16.2. The first-order valence-corrected chi connectivity index (χ1v) is 4.93. The minimum atomic E-state index is -0.375. The van der Waals surface area contributed by atoms with Crippen LogP contribution in [0.3, 0.4) is 0 Å². The minimum Gasteiger partial charge on any atom is -0.282 e. The molecular weight excluding hydrogens is 192 g/mol. The van der Waals surface area contributed by atoms with Crippen molar-refractivity contribution in [2.24, 2.45) is 0 Å². The molecule has 3 amide bonds. The van der Waals surface area contributed by atoms with Gasteiger partial charge < -0.3 is 0 Å². The van der Waals surface area contributed by atoms with Gasteiger partial charge in [0.1, 0.15) is 6.04 Å². The van der Waals surface area contributed by atoms with Gasteiger partial charge in [-0.15, -0.1) is 0 Å². The van der Waals surface area contributed by atoms with E-state index in [-0.39, 0.29) is 18.0 Å². The van der Waals surface area contributed by atoms with Crippen molar-refractivity contribution in [1.29, 1.82) is 0 Å².